The summed E-state index contributed by atoms with van der Waals surface area (Å²) in [6.07, 6.45) is -3.56. The maximum atomic E-state index is 14.6. The predicted molar refractivity (Wildman–Crippen MR) is 104 cm³/mol. The molecule has 31 heavy (non-hydrogen) atoms. The minimum atomic E-state index is -4.65. The van der Waals surface area contributed by atoms with Gasteiger partial charge in [-0.05, 0) is 25.8 Å². The van der Waals surface area contributed by atoms with Crippen molar-refractivity contribution in [1.82, 2.24) is 15.3 Å². The maximum absolute atomic E-state index is 14.6. The van der Waals surface area contributed by atoms with Crippen molar-refractivity contribution in [3.63, 3.8) is 0 Å². The van der Waals surface area contributed by atoms with Crippen molar-refractivity contribution in [2.45, 2.75) is 32.2 Å². The van der Waals surface area contributed by atoms with Crippen molar-refractivity contribution in [3.8, 4) is 5.75 Å². The van der Waals surface area contributed by atoms with E-state index in [2.05, 4.69) is 25.9 Å². The molecule has 1 aliphatic carbocycles. The number of hydrogen-bond acceptors (Lipinski definition) is 7. The topological polar surface area (TPSA) is 108 Å². The van der Waals surface area contributed by atoms with Crippen LogP contribution in [0.1, 0.15) is 35.7 Å². The number of rotatable bonds is 8. The third-order valence-corrected chi connectivity index (χ3v) is 4.57. The van der Waals surface area contributed by atoms with E-state index in [0.717, 1.165) is 25.0 Å². The largest absolute Gasteiger partial charge is 0.495 e. The van der Waals surface area contributed by atoms with Gasteiger partial charge < -0.3 is 25.8 Å². The Balaban J connectivity index is 1.86. The zero-order chi connectivity index (χ0) is 22.8. The molecule has 1 aromatic carbocycles. The van der Waals surface area contributed by atoms with Crippen molar-refractivity contribution < 1.29 is 32.2 Å². The molecule has 1 aliphatic rings. The van der Waals surface area contributed by atoms with Crippen LogP contribution in [0.4, 0.5) is 35.0 Å². The number of benzene rings is 1. The van der Waals surface area contributed by atoms with Crippen LogP contribution in [0.2, 0.25) is 0 Å². The lowest BCUT2D eigenvalue weighted by molar-refractivity contribution is -0.137. The van der Waals surface area contributed by atoms with Crippen LogP contribution in [-0.2, 0) is 6.18 Å². The smallest absolute Gasteiger partial charge is 0.421 e. The molecule has 1 heterocycles. The van der Waals surface area contributed by atoms with E-state index >= 15 is 0 Å². The van der Waals surface area contributed by atoms with E-state index < -0.39 is 35.5 Å². The molecule has 1 atom stereocenters. The van der Waals surface area contributed by atoms with Crippen LogP contribution in [0.15, 0.2) is 18.3 Å². The summed E-state index contributed by atoms with van der Waals surface area (Å²) in [6, 6.07) is 2.05. The van der Waals surface area contributed by atoms with E-state index in [1.165, 1.54) is 7.11 Å². The van der Waals surface area contributed by atoms with Crippen molar-refractivity contribution in [1.29, 1.82) is 0 Å². The van der Waals surface area contributed by atoms with E-state index in [1.54, 1.807) is 6.92 Å². The SMILES string of the molecule is CCNc1nc(Nc2cc(F)c(C(=O)NC(O)C3CC3)cc2OC)ncc1C(F)(F)F. The number of nitrogens with one attached hydrogen (secondary N) is 3. The molecule has 12 heteroatoms. The van der Waals surface area contributed by atoms with Crippen molar-refractivity contribution in [2.24, 2.45) is 5.92 Å². The summed E-state index contributed by atoms with van der Waals surface area (Å²) < 4.78 is 59.0. The number of ether oxygens (including phenoxy) is 1. The Labute approximate surface area is 175 Å². The number of carbonyl (C=O) groups is 1. The highest BCUT2D eigenvalue weighted by Crippen LogP contribution is 2.35. The Morgan fingerprint density at radius 2 is 2.06 bits per heavy atom. The molecule has 0 saturated heterocycles. The fourth-order valence-electron chi connectivity index (χ4n) is 2.81. The standard InChI is InChI=1S/C19H21F4N5O3/c1-3-24-15-11(19(21,22)23)8-25-18(27-15)26-13-7-12(20)10(6-14(13)31-2)17(30)28-16(29)9-4-5-9/h6-9,16,29H,3-5H2,1-2H3,(H,28,30)(H2,24,25,26,27). The molecule has 0 spiro atoms. The van der Waals surface area contributed by atoms with E-state index in [4.69, 9.17) is 4.74 Å². The second-order valence-corrected chi connectivity index (χ2v) is 6.90. The van der Waals surface area contributed by atoms with Gasteiger partial charge in [0.15, 0.2) is 0 Å². The third kappa shape index (κ3) is 5.32. The molecule has 8 nitrogen and oxygen atoms in total. The highest BCUT2D eigenvalue weighted by molar-refractivity contribution is 5.96. The molecule has 1 unspecified atom stereocenters. The molecule has 2 aromatic rings. The number of nitrogens with zero attached hydrogens (tertiary/aromatic N) is 2. The Morgan fingerprint density at radius 3 is 2.65 bits per heavy atom. The minimum Gasteiger partial charge on any atom is -0.495 e. The molecule has 1 amide bonds. The van der Waals surface area contributed by atoms with Crippen molar-refractivity contribution in [3.05, 3.63) is 35.3 Å². The van der Waals surface area contributed by atoms with Gasteiger partial charge in [-0.2, -0.15) is 18.2 Å². The summed E-state index contributed by atoms with van der Waals surface area (Å²) in [7, 11) is 1.27. The number of amides is 1. The van der Waals surface area contributed by atoms with Crippen LogP contribution in [0, 0.1) is 11.7 Å². The first-order valence-corrected chi connectivity index (χ1v) is 9.45. The maximum Gasteiger partial charge on any atom is 0.421 e. The average molecular weight is 443 g/mol. The molecule has 1 aromatic heterocycles. The molecule has 0 aliphatic heterocycles. The van der Waals surface area contributed by atoms with Gasteiger partial charge in [0, 0.05) is 24.7 Å². The van der Waals surface area contributed by atoms with Gasteiger partial charge in [0.25, 0.3) is 5.91 Å². The van der Waals surface area contributed by atoms with E-state index in [9.17, 15) is 27.5 Å². The van der Waals surface area contributed by atoms with E-state index in [1.807, 2.05) is 0 Å². The lowest BCUT2D eigenvalue weighted by Gasteiger charge is -2.16. The van der Waals surface area contributed by atoms with Crippen LogP contribution in [-0.4, -0.2) is 40.9 Å². The molecule has 0 bridgehead atoms. The molecule has 168 valence electrons. The van der Waals surface area contributed by atoms with Crippen molar-refractivity contribution in [2.75, 3.05) is 24.3 Å². The molecule has 4 N–H and O–H groups in total. The Hall–Kier alpha value is -3.15. The first-order valence-electron chi connectivity index (χ1n) is 9.45. The molecule has 1 saturated carbocycles. The van der Waals surface area contributed by atoms with Gasteiger partial charge in [-0.1, -0.05) is 0 Å². The number of hydrogen-bond donors (Lipinski definition) is 4. The lowest BCUT2D eigenvalue weighted by Crippen LogP contribution is -2.36. The van der Waals surface area contributed by atoms with Crippen LogP contribution in [0.25, 0.3) is 0 Å². The number of alkyl halides is 3. The molecule has 0 radical (unpaired) electrons. The van der Waals surface area contributed by atoms with Gasteiger partial charge in [-0.3, -0.25) is 4.79 Å². The zero-order valence-electron chi connectivity index (χ0n) is 16.7. The fourth-order valence-corrected chi connectivity index (χ4v) is 2.81. The zero-order valence-corrected chi connectivity index (χ0v) is 16.7. The third-order valence-electron chi connectivity index (χ3n) is 4.57. The van der Waals surface area contributed by atoms with E-state index in [0.29, 0.717) is 6.20 Å². The Kier molecular flexibility index (Phi) is 6.48. The number of methoxy groups -OCH3 is 1. The molecule has 3 rings (SSSR count). The highest BCUT2D eigenvalue weighted by atomic mass is 19.4. The number of aromatic nitrogens is 2. The summed E-state index contributed by atoms with van der Waals surface area (Å²) in [4.78, 5) is 19.7. The summed E-state index contributed by atoms with van der Waals surface area (Å²) in [5, 5.41) is 17.3. The molecular formula is C19H21F4N5O3. The van der Waals surface area contributed by atoms with Crippen LogP contribution >= 0.6 is 0 Å². The number of aliphatic hydroxyl groups excluding tert-OH is 1. The fraction of sp³-hybridized carbons (Fsp3) is 0.421. The highest BCUT2D eigenvalue weighted by Gasteiger charge is 2.35. The first-order chi connectivity index (χ1) is 14.6. The Morgan fingerprint density at radius 1 is 1.35 bits per heavy atom. The second kappa shape index (κ2) is 8.92. The summed E-state index contributed by atoms with van der Waals surface area (Å²) in [5.74, 6) is -2.43. The van der Waals surface area contributed by atoms with E-state index in [-0.39, 0.29) is 35.4 Å². The van der Waals surface area contributed by atoms with Crippen LogP contribution in [0.3, 0.4) is 0 Å². The molecular weight excluding hydrogens is 422 g/mol. The van der Waals surface area contributed by atoms with Crippen molar-refractivity contribution >= 4 is 23.4 Å². The van der Waals surface area contributed by atoms with Gasteiger partial charge in [-0.25, -0.2) is 9.37 Å². The first kappa shape index (κ1) is 22.5. The second-order valence-electron chi connectivity index (χ2n) is 6.90. The van der Waals surface area contributed by atoms with Gasteiger partial charge in [0.1, 0.15) is 29.2 Å². The number of anilines is 3. The number of carbonyl (C=O) groups excluding carboxylic acids is 1. The van der Waals surface area contributed by atoms with Gasteiger partial charge in [-0.15, -0.1) is 0 Å². The monoisotopic (exact) mass is 443 g/mol. The van der Waals surface area contributed by atoms with Gasteiger partial charge in [0.05, 0.1) is 18.4 Å². The predicted octanol–water partition coefficient (Wildman–Crippen LogP) is 3.28. The number of aliphatic hydroxyl groups is 1. The average Bonchev–Trinajstić information content (AvgIpc) is 3.53. The number of halogens is 4. The normalized spacial score (nSPS) is 14.7. The summed E-state index contributed by atoms with van der Waals surface area (Å²) >= 11 is 0. The summed E-state index contributed by atoms with van der Waals surface area (Å²) in [5.41, 5.74) is -1.40. The van der Waals surface area contributed by atoms with Gasteiger partial charge >= 0.3 is 6.18 Å². The summed E-state index contributed by atoms with van der Waals surface area (Å²) in [6.45, 7) is 1.80. The lowest BCUT2D eigenvalue weighted by atomic mass is 10.1. The molecule has 1 fully saturated rings. The minimum absolute atomic E-state index is 0.00139. The van der Waals surface area contributed by atoms with Crippen LogP contribution in [0.5, 0.6) is 5.75 Å². The Bertz CT molecular complexity index is 966. The van der Waals surface area contributed by atoms with Crippen LogP contribution < -0.4 is 20.7 Å². The quantitative estimate of drug-likeness (QED) is 0.366. The van der Waals surface area contributed by atoms with Gasteiger partial charge in [0.2, 0.25) is 5.95 Å².